The van der Waals surface area contributed by atoms with E-state index in [4.69, 9.17) is 19.4 Å². The largest absolute Gasteiger partial charge is 0.494 e. The van der Waals surface area contributed by atoms with Crippen molar-refractivity contribution >= 4 is 17.4 Å². The maximum Gasteiger partial charge on any atom is 0.318 e. The van der Waals surface area contributed by atoms with Crippen molar-refractivity contribution in [1.82, 2.24) is 19.8 Å². The van der Waals surface area contributed by atoms with Gasteiger partial charge in [0, 0.05) is 37.8 Å². The van der Waals surface area contributed by atoms with Gasteiger partial charge in [0.2, 0.25) is 5.91 Å². The van der Waals surface area contributed by atoms with Crippen LogP contribution in [0.1, 0.15) is 36.9 Å². The number of hydrogen-bond donors (Lipinski definition) is 0. The Bertz CT molecular complexity index is 1320. The molecule has 2 saturated heterocycles. The molecule has 218 valence electrons. The first kappa shape index (κ1) is 28.6. The molecule has 1 aromatic carbocycles. The zero-order valence-corrected chi connectivity index (χ0v) is 23.9. The third-order valence-electron chi connectivity index (χ3n) is 8.39. The minimum Gasteiger partial charge on any atom is -0.494 e. The number of methoxy groups -OCH3 is 1. The number of hydrogen-bond acceptors (Lipinski definition) is 9. The zero-order valence-electron chi connectivity index (χ0n) is 23.9. The van der Waals surface area contributed by atoms with Gasteiger partial charge in [-0.2, -0.15) is 15.2 Å². The van der Waals surface area contributed by atoms with Gasteiger partial charge in [0.15, 0.2) is 11.6 Å². The number of fused-ring (bicyclic) bond motifs is 1. The van der Waals surface area contributed by atoms with E-state index < -0.39 is 5.82 Å². The molecule has 1 amide bonds. The van der Waals surface area contributed by atoms with Crippen molar-refractivity contribution in [3.8, 4) is 17.8 Å². The smallest absolute Gasteiger partial charge is 0.318 e. The molecule has 0 radical (unpaired) electrons. The quantitative estimate of drug-likeness (QED) is 0.449. The number of carbonyl (C=O) groups excluding carboxylic acids is 1. The molecule has 1 aromatic heterocycles. The molecular weight excluding hydrogens is 525 g/mol. The van der Waals surface area contributed by atoms with Crippen molar-refractivity contribution in [1.29, 1.82) is 5.26 Å². The van der Waals surface area contributed by atoms with E-state index in [2.05, 4.69) is 29.5 Å². The molecule has 3 aliphatic rings. The number of piperazine rings is 1. The van der Waals surface area contributed by atoms with E-state index in [-0.39, 0.29) is 24.1 Å². The number of nitriles is 1. The van der Waals surface area contributed by atoms with Gasteiger partial charge in [-0.1, -0.05) is 12.6 Å². The second-order valence-electron chi connectivity index (χ2n) is 10.9. The van der Waals surface area contributed by atoms with Crippen LogP contribution in [0, 0.1) is 17.1 Å². The van der Waals surface area contributed by atoms with E-state index in [9.17, 15) is 10.1 Å². The number of ether oxygens (including phenoxy) is 2. The molecule has 2 aromatic rings. The van der Waals surface area contributed by atoms with E-state index in [1.165, 1.54) is 13.2 Å². The highest BCUT2D eigenvalue weighted by Crippen LogP contribution is 2.34. The van der Waals surface area contributed by atoms with Crippen molar-refractivity contribution in [2.45, 2.75) is 50.7 Å². The molecule has 0 spiro atoms. The summed E-state index contributed by atoms with van der Waals surface area (Å²) in [4.78, 5) is 30.4. The summed E-state index contributed by atoms with van der Waals surface area (Å²) in [6.45, 7) is 7.68. The summed E-state index contributed by atoms with van der Waals surface area (Å²) < 4.78 is 26.7. The lowest BCUT2D eigenvalue weighted by molar-refractivity contribution is -0.128. The average Bonchev–Trinajstić information content (AvgIpc) is 3.27. The molecule has 3 aliphatic heterocycles. The van der Waals surface area contributed by atoms with Gasteiger partial charge in [0.05, 0.1) is 43.6 Å². The van der Waals surface area contributed by atoms with Crippen LogP contribution >= 0.6 is 0 Å². The Labute approximate surface area is 241 Å². The monoisotopic (exact) mass is 563 g/mol. The number of benzene rings is 1. The minimum atomic E-state index is -0.393. The van der Waals surface area contributed by atoms with Crippen molar-refractivity contribution in [3.63, 3.8) is 0 Å². The van der Waals surface area contributed by atoms with Crippen LogP contribution in [0.2, 0.25) is 0 Å². The Hall–Kier alpha value is -3.91. The Kier molecular flexibility index (Phi) is 8.88. The fourth-order valence-electron chi connectivity index (χ4n) is 6.12. The summed E-state index contributed by atoms with van der Waals surface area (Å²) in [7, 11) is 3.57. The van der Waals surface area contributed by atoms with Crippen LogP contribution in [-0.2, 0) is 17.8 Å². The molecular formula is C30H38FN7O3. The molecule has 0 aliphatic carbocycles. The van der Waals surface area contributed by atoms with E-state index in [0.29, 0.717) is 63.5 Å². The predicted octanol–water partition coefficient (Wildman–Crippen LogP) is 3.17. The van der Waals surface area contributed by atoms with Gasteiger partial charge in [0.1, 0.15) is 12.4 Å². The van der Waals surface area contributed by atoms with Gasteiger partial charge in [-0.15, -0.1) is 0 Å². The van der Waals surface area contributed by atoms with Crippen LogP contribution in [0.15, 0.2) is 30.9 Å². The highest BCUT2D eigenvalue weighted by molar-refractivity contribution is 5.87. The lowest BCUT2D eigenvalue weighted by atomic mass is 10.1. The second-order valence-corrected chi connectivity index (χ2v) is 10.9. The van der Waals surface area contributed by atoms with Gasteiger partial charge >= 0.3 is 6.01 Å². The molecule has 1 unspecified atom stereocenters. The lowest BCUT2D eigenvalue weighted by Crippen LogP contribution is -2.55. The number of carbonyl (C=O) groups is 1. The van der Waals surface area contributed by atoms with E-state index >= 15 is 4.39 Å². The topological polar surface area (TPSA) is 98.1 Å². The van der Waals surface area contributed by atoms with Crippen molar-refractivity contribution in [2.24, 2.45) is 0 Å². The van der Waals surface area contributed by atoms with Gasteiger partial charge in [-0.05, 0) is 57.5 Å². The normalized spacial score (nSPS) is 21.2. The Balaban J connectivity index is 1.49. The lowest BCUT2D eigenvalue weighted by Gasteiger charge is -2.41. The van der Waals surface area contributed by atoms with E-state index in [0.717, 1.165) is 42.9 Å². The molecule has 0 N–H and O–H groups in total. The molecule has 0 saturated carbocycles. The molecule has 10 nitrogen and oxygen atoms in total. The highest BCUT2D eigenvalue weighted by atomic mass is 19.1. The average molecular weight is 564 g/mol. The summed E-state index contributed by atoms with van der Waals surface area (Å²) in [5.74, 6) is 0.407. The van der Waals surface area contributed by atoms with Crippen LogP contribution < -0.4 is 19.3 Å². The van der Waals surface area contributed by atoms with E-state index in [1.807, 2.05) is 4.90 Å². The van der Waals surface area contributed by atoms with Gasteiger partial charge in [0.25, 0.3) is 0 Å². The number of amides is 1. The fourth-order valence-corrected chi connectivity index (χ4v) is 6.12. The van der Waals surface area contributed by atoms with Gasteiger partial charge < -0.3 is 29.1 Å². The van der Waals surface area contributed by atoms with Crippen LogP contribution in [-0.4, -0.2) is 91.2 Å². The molecule has 5 rings (SSSR count). The summed E-state index contributed by atoms with van der Waals surface area (Å²) in [5, 5.41) is 9.49. The van der Waals surface area contributed by atoms with Crippen LogP contribution in [0.5, 0.6) is 11.8 Å². The summed E-state index contributed by atoms with van der Waals surface area (Å²) in [6.07, 6.45) is 5.21. The maximum atomic E-state index is 15.3. The standard InChI is InChI=1S/C30H38FN7O3/c1-4-27(39)38-17-16-37(18-21(38)12-13-32)29-23-9-7-15-36(25-10-5-11-26(40-3)28(25)31)19-24(23)33-30(34-29)41-20-22-8-6-14-35(22)2/h4-5,10-11,21-22H,1,6-9,12,14-20H2,2-3H3/t21?,22-/m0/s1. The Morgan fingerprint density at radius 2 is 2.05 bits per heavy atom. The Morgan fingerprint density at radius 1 is 1.20 bits per heavy atom. The molecule has 11 heteroatoms. The summed E-state index contributed by atoms with van der Waals surface area (Å²) >= 11 is 0. The molecule has 2 atom stereocenters. The fraction of sp³-hybridized carbons (Fsp3) is 0.533. The second kappa shape index (κ2) is 12.7. The number of anilines is 2. The first-order chi connectivity index (χ1) is 19.9. The van der Waals surface area contributed by atoms with Crippen LogP contribution in [0.25, 0.3) is 0 Å². The third kappa shape index (κ3) is 6.07. The van der Waals surface area contributed by atoms with Crippen molar-refractivity contribution in [2.75, 3.05) is 63.3 Å². The molecule has 2 fully saturated rings. The van der Waals surface area contributed by atoms with E-state index in [1.54, 1.807) is 23.1 Å². The summed E-state index contributed by atoms with van der Waals surface area (Å²) in [6, 6.07) is 7.72. The van der Waals surface area contributed by atoms with Crippen LogP contribution in [0.4, 0.5) is 15.9 Å². The number of halogens is 1. The number of rotatable bonds is 8. The summed E-state index contributed by atoms with van der Waals surface area (Å²) in [5.41, 5.74) is 2.27. The number of likely N-dealkylation sites (tertiary alicyclic amines) is 1. The third-order valence-corrected chi connectivity index (χ3v) is 8.39. The highest BCUT2D eigenvalue weighted by Gasteiger charge is 2.33. The van der Waals surface area contributed by atoms with Crippen molar-refractivity contribution in [3.05, 3.63) is 47.9 Å². The zero-order chi connectivity index (χ0) is 28.9. The minimum absolute atomic E-state index is 0.174. The number of aromatic nitrogens is 2. The van der Waals surface area contributed by atoms with Gasteiger partial charge in [-0.25, -0.2) is 4.39 Å². The Morgan fingerprint density at radius 3 is 2.78 bits per heavy atom. The molecule has 0 bridgehead atoms. The predicted molar refractivity (Wildman–Crippen MR) is 154 cm³/mol. The molecule has 41 heavy (non-hydrogen) atoms. The molecule has 4 heterocycles. The van der Waals surface area contributed by atoms with Crippen molar-refractivity contribution < 1.29 is 18.7 Å². The van der Waals surface area contributed by atoms with Crippen LogP contribution in [0.3, 0.4) is 0 Å². The number of nitrogens with zero attached hydrogens (tertiary/aromatic N) is 7. The first-order valence-electron chi connectivity index (χ1n) is 14.3. The van der Waals surface area contributed by atoms with Gasteiger partial charge in [-0.3, -0.25) is 4.79 Å². The number of likely N-dealkylation sites (N-methyl/N-ethyl adjacent to an activating group) is 1. The SMILES string of the molecule is C=CC(=O)N1CCN(c2nc(OC[C@@H]3CCCN3C)nc3c2CCCN(c2cccc(OC)c2F)C3)CC1CC#N. The maximum absolute atomic E-state index is 15.3. The first-order valence-corrected chi connectivity index (χ1v) is 14.3.